The maximum Gasteiger partial charge on any atom is 0.286 e. The van der Waals surface area contributed by atoms with Crippen molar-refractivity contribution in [3.8, 4) is 11.8 Å². The molecule has 44 heavy (non-hydrogen) atoms. The van der Waals surface area contributed by atoms with E-state index in [9.17, 15) is 23.7 Å². The van der Waals surface area contributed by atoms with Crippen LogP contribution in [-0.4, -0.2) is 71.9 Å². The molecule has 226 valence electrons. The van der Waals surface area contributed by atoms with Gasteiger partial charge >= 0.3 is 0 Å². The molecule has 0 aliphatic heterocycles. The maximum atomic E-state index is 13.9. The lowest BCUT2D eigenvalue weighted by molar-refractivity contribution is -0.119. The Morgan fingerprint density at radius 1 is 1.02 bits per heavy atom. The molecule has 2 heterocycles. The topological polar surface area (TPSA) is 176 Å². The number of carbonyl (C=O) groups is 3. The average Bonchev–Trinajstić information content (AvgIpc) is 3.37. The first kappa shape index (κ1) is 31.8. The standard InChI is InChI=1S/C31H30N6O6S/c1-21-13-28(37(2)35-21)31(42)34-25-8-6-7-22(15-25)11-12-23-14-24(17-32-16-23)30(41)36-44(43,27-9-4-3-5-10-27)20-29(40)33-18-26(39)19-38/h3-10,13-17,26,38-39H,18-20H2,1-2H3,(H,33,40)(H,34,42)/t26-,44?/m0/s1. The van der Waals surface area contributed by atoms with Gasteiger partial charge in [-0.15, -0.1) is 0 Å². The first-order chi connectivity index (χ1) is 21.1. The highest BCUT2D eigenvalue weighted by Gasteiger charge is 2.21. The molecule has 0 aliphatic rings. The Balaban J connectivity index is 1.54. The summed E-state index contributed by atoms with van der Waals surface area (Å²) in [4.78, 5) is 42.6. The van der Waals surface area contributed by atoms with Gasteiger partial charge in [0.25, 0.3) is 11.8 Å². The van der Waals surface area contributed by atoms with E-state index in [2.05, 4.69) is 36.9 Å². The molecule has 4 aromatic rings. The number of nitrogens with one attached hydrogen (secondary N) is 2. The summed E-state index contributed by atoms with van der Waals surface area (Å²) < 4.78 is 19.3. The maximum absolute atomic E-state index is 13.9. The van der Waals surface area contributed by atoms with E-state index < -0.39 is 40.0 Å². The van der Waals surface area contributed by atoms with Gasteiger partial charge in [-0.1, -0.05) is 36.1 Å². The van der Waals surface area contributed by atoms with E-state index in [-0.39, 0.29) is 22.9 Å². The molecule has 1 unspecified atom stereocenters. The van der Waals surface area contributed by atoms with E-state index >= 15 is 0 Å². The summed E-state index contributed by atoms with van der Waals surface area (Å²) in [6, 6.07) is 18.0. The van der Waals surface area contributed by atoms with Crippen LogP contribution >= 0.6 is 0 Å². The number of aryl methyl sites for hydroxylation is 2. The number of amides is 3. The van der Waals surface area contributed by atoms with Gasteiger partial charge in [-0.3, -0.25) is 24.0 Å². The minimum Gasteiger partial charge on any atom is -0.394 e. The number of hydrogen-bond donors (Lipinski definition) is 4. The molecule has 0 radical (unpaired) electrons. The zero-order chi connectivity index (χ0) is 31.7. The second kappa shape index (κ2) is 14.3. The van der Waals surface area contributed by atoms with Crippen molar-refractivity contribution in [2.75, 3.05) is 24.2 Å². The minimum atomic E-state index is -3.56. The van der Waals surface area contributed by atoms with Crippen LogP contribution < -0.4 is 10.6 Å². The lowest BCUT2D eigenvalue weighted by Crippen LogP contribution is -2.37. The highest BCUT2D eigenvalue weighted by atomic mass is 32.2. The summed E-state index contributed by atoms with van der Waals surface area (Å²) in [5, 5.41) is 27.9. The molecule has 3 amide bonds. The molecule has 12 nitrogen and oxygen atoms in total. The molecule has 0 spiro atoms. The average molecular weight is 615 g/mol. The van der Waals surface area contributed by atoms with Gasteiger partial charge in [-0.2, -0.15) is 9.46 Å². The number of carbonyl (C=O) groups excluding carboxylic acids is 3. The van der Waals surface area contributed by atoms with Gasteiger partial charge in [0.2, 0.25) is 5.91 Å². The summed E-state index contributed by atoms with van der Waals surface area (Å²) in [6.45, 7) is 0.989. The number of aliphatic hydroxyl groups is 2. The number of aliphatic hydroxyl groups excluding tert-OH is 2. The lowest BCUT2D eigenvalue weighted by Gasteiger charge is -2.12. The second-order valence-electron chi connectivity index (χ2n) is 9.68. The molecule has 2 aromatic carbocycles. The highest BCUT2D eigenvalue weighted by Crippen LogP contribution is 2.17. The molecule has 4 rings (SSSR count). The van der Waals surface area contributed by atoms with Crippen molar-refractivity contribution in [3.05, 3.63) is 107 Å². The molecular weight excluding hydrogens is 584 g/mol. The van der Waals surface area contributed by atoms with Crippen LogP contribution in [0.1, 0.15) is 37.7 Å². The van der Waals surface area contributed by atoms with Gasteiger partial charge in [-0.25, -0.2) is 4.21 Å². The van der Waals surface area contributed by atoms with Gasteiger partial charge < -0.3 is 20.8 Å². The van der Waals surface area contributed by atoms with Gasteiger partial charge in [0.1, 0.15) is 11.4 Å². The molecule has 2 aromatic heterocycles. The minimum absolute atomic E-state index is 0.0176. The number of anilines is 1. The second-order valence-corrected chi connectivity index (χ2v) is 11.9. The number of nitrogens with zero attached hydrogens (tertiary/aromatic N) is 4. The van der Waals surface area contributed by atoms with Crippen LogP contribution in [0.4, 0.5) is 5.69 Å². The third kappa shape index (κ3) is 8.45. The molecule has 0 bridgehead atoms. The first-order valence-corrected chi connectivity index (χ1v) is 15.0. The van der Waals surface area contributed by atoms with Crippen molar-refractivity contribution >= 4 is 33.1 Å². The summed E-state index contributed by atoms with van der Waals surface area (Å²) in [5.41, 5.74) is 2.66. The van der Waals surface area contributed by atoms with Crippen molar-refractivity contribution in [1.82, 2.24) is 20.1 Å². The number of aromatic nitrogens is 3. The normalized spacial score (nSPS) is 12.6. The Morgan fingerprint density at radius 3 is 2.48 bits per heavy atom. The van der Waals surface area contributed by atoms with Crippen molar-refractivity contribution < 1.29 is 28.8 Å². The SMILES string of the molecule is Cc1cc(C(=O)Nc2cccc(C#Cc3cncc(C(=O)N=S(=O)(CC(=O)NC[C@H](O)CO)c4ccccc4)c3)c2)n(C)n1. The van der Waals surface area contributed by atoms with Crippen LogP contribution in [0.5, 0.6) is 0 Å². The molecule has 13 heteroatoms. The molecular formula is C31H30N6O6S. The molecule has 0 saturated carbocycles. The van der Waals surface area contributed by atoms with Gasteiger partial charge in [0.05, 0.1) is 33.7 Å². The Kier molecular flexibility index (Phi) is 10.4. The smallest absolute Gasteiger partial charge is 0.286 e. The Labute approximate surface area is 254 Å². The zero-order valence-electron chi connectivity index (χ0n) is 23.9. The Bertz CT molecular complexity index is 1870. The van der Waals surface area contributed by atoms with Crippen LogP contribution in [0.3, 0.4) is 0 Å². The quantitative estimate of drug-likeness (QED) is 0.207. The fourth-order valence-electron chi connectivity index (χ4n) is 3.98. The van der Waals surface area contributed by atoms with E-state index in [0.717, 1.165) is 5.69 Å². The third-order valence-corrected chi connectivity index (χ3v) is 8.23. The van der Waals surface area contributed by atoms with Gasteiger partial charge in [0, 0.05) is 47.7 Å². The molecule has 0 aliphatic carbocycles. The van der Waals surface area contributed by atoms with Crippen molar-refractivity contribution in [1.29, 1.82) is 0 Å². The number of benzene rings is 2. The van der Waals surface area contributed by atoms with Crippen molar-refractivity contribution in [2.24, 2.45) is 11.4 Å². The predicted octanol–water partition coefficient (Wildman–Crippen LogP) is 1.91. The summed E-state index contributed by atoms with van der Waals surface area (Å²) in [7, 11) is -1.87. The van der Waals surface area contributed by atoms with E-state index in [0.29, 0.717) is 22.5 Å². The molecule has 4 N–H and O–H groups in total. The van der Waals surface area contributed by atoms with Gasteiger partial charge in [-0.05, 0) is 49.4 Å². The summed E-state index contributed by atoms with van der Waals surface area (Å²) >= 11 is 0. The number of pyridine rings is 1. The monoisotopic (exact) mass is 614 g/mol. The van der Waals surface area contributed by atoms with Crippen LogP contribution in [0.25, 0.3) is 0 Å². The summed E-state index contributed by atoms with van der Waals surface area (Å²) in [6.07, 6.45) is 1.53. The molecule has 0 saturated heterocycles. The van der Waals surface area contributed by atoms with Crippen molar-refractivity contribution in [3.63, 3.8) is 0 Å². The number of hydrogen-bond acceptors (Lipinski definition) is 8. The van der Waals surface area contributed by atoms with Gasteiger partial charge in [0.15, 0.2) is 0 Å². The zero-order valence-corrected chi connectivity index (χ0v) is 24.7. The molecule has 2 atom stereocenters. The molecule has 0 fully saturated rings. The first-order valence-electron chi connectivity index (χ1n) is 13.4. The number of rotatable bonds is 9. The van der Waals surface area contributed by atoms with E-state index in [1.165, 1.54) is 35.3 Å². The van der Waals surface area contributed by atoms with Crippen molar-refractivity contribution in [2.45, 2.75) is 17.9 Å². The fraction of sp³-hybridized carbons (Fsp3) is 0.194. The van der Waals surface area contributed by atoms with Crippen LogP contribution in [-0.2, 0) is 21.6 Å². The predicted molar refractivity (Wildman–Crippen MR) is 163 cm³/mol. The summed E-state index contributed by atoms with van der Waals surface area (Å²) in [5.74, 6) is 3.38. The largest absolute Gasteiger partial charge is 0.394 e. The Morgan fingerprint density at radius 2 is 1.77 bits per heavy atom. The van der Waals surface area contributed by atoms with Crippen LogP contribution in [0.2, 0.25) is 0 Å². The third-order valence-electron chi connectivity index (χ3n) is 6.11. The van der Waals surface area contributed by atoms with E-state index in [4.69, 9.17) is 5.11 Å². The van der Waals surface area contributed by atoms with E-state index in [1.807, 2.05) is 0 Å². The van der Waals surface area contributed by atoms with E-state index in [1.54, 1.807) is 62.5 Å². The van der Waals surface area contributed by atoms with Crippen LogP contribution in [0.15, 0.2) is 88.4 Å². The van der Waals surface area contributed by atoms with Crippen LogP contribution in [0, 0.1) is 18.8 Å². The fourth-order valence-corrected chi connectivity index (χ4v) is 5.73. The lowest BCUT2D eigenvalue weighted by atomic mass is 10.1. The highest BCUT2D eigenvalue weighted by molar-refractivity contribution is 7.94. The Hall–Kier alpha value is -5.16.